The van der Waals surface area contributed by atoms with Crippen LogP contribution in [-0.4, -0.2) is 56.7 Å². The van der Waals surface area contributed by atoms with E-state index in [1.165, 1.54) is 10.1 Å². The molecule has 0 atom stereocenters. The molecule has 1 saturated heterocycles. The molecule has 0 saturated carbocycles. The van der Waals surface area contributed by atoms with E-state index in [0.717, 1.165) is 57.9 Å². The Morgan fingerprint density at radius 3 is 2.47 bits per heavy atom. The summed E-state index contributed by atoms with van der Waals surface area (Å²) in [4.78, 5) is 36.3. The lowest BCUT2D eigenvalue weighted by Gasteiger charge is -2.35. The van der Waals surface area contributed by atoms with Crippen LogP contribution in [0.3, 0.4) is 0 Å². The summed E-state index contributed by atoms with van der Waals surface area (Å²) in [7, 11) is 1.65. The van der Waals surface area contributed by atoms with E-state index in [9.17, 15) is 9.59 Å². The molecule has 8 heteroatoms. The summed E-state index contributed by atoms with van der Waals surface area (Å²) in [5.74, 6) is 0.794. The van der Waals surface area contributed by atoms with Crippen molar-refractivity contribution in [2.45, 2.75) is 32.7 Å². The smallest absolute Gasteiger partial charge is 0.329 e. The highest BCUT2D eigenvalue weighted by Crippen LogP contribution is 2.21. The van der Waals surface area contributed by atoms with Crippen molar-refractivity contribution in [2.24, 2.45) is 7.05 Å². The zero-order chi connectivity index (χ0) is 21.1. The molecule has 0 aliphatic carbocycles. The van der Waals surface area contributed by atoms with Gasteiger partial charge in [-0.2, -0.15) is 4.98 Å². The molecule has 0 spiro atoms. The maximum Gasteiger partial charge on any atom is 0.329 e. The molecule has 3 aromatic rings. The third-order valence-electron chi connectivity index (χ3n) is 5.87. The average molecular weight is 411 g/mol. The fraction of sp³-hybridized carbons (Fsp3) is 0.500. The van der Waals surface area contributed by atoms with E-state index in [1.807, 2.05) is 4.57 Å². The van der Waals surface area contributed by atoms with Crippen molar-refractivity contribution >= 4 is 17.1 Å². The maximum atomic E-state index is 12.5. The molecule has 1 aliphatic heterocycles. The Kier molecular flexibility index (Phi) is 6.03. The standard InChI is InChI=1S/C22H30N6O2/c1-3-11-28-18-19(25(2)22(30)24-20(18)29)23-21(28)27-15-13-26(14-16-27)12-7-10-17-8-5-4-6-9-17/h4-6,8-9H,3,7,10-16H2,1-2H3,(H,24,29,30). The molecule has 1 fully saturated rings. The lowest BCUT2D eigenvalue weighted by atomic mass is 10.1. The second-order valence-corrected chi connectivity index (χ2v) is 7.97. The van der Waals surface area contributed by atoms with Crippen LogP contribution >= 0.6 is 0 Å². The highest BCUT2D eigenvalue weighted by Gasteiger charge is 2.24. The van der Waals surface area contributed by atoms with Gasteiger partial charge in [0.2, 0.25) is 5.95 Å². The van der Waals surface area contributed by atoms with Gasteiger partial charge in [0.15, 0.2) is 11.2 Å². The molecule has 160 valence electrons. The Morgan fingerprint density at radius 1 is 1.03 bits per heavy atom. The number of aryl methyl sites for hydroxylation is 3. The van der Waals surface area contributed by atoms with Gasteiger partial charge in [-0.1, -0.05) is 37.3 Å². The molecule has 0 unspecified atom stereocenters. The number of nitrogens with one attached hydrogen (secondary N) is 1. The van der Waals surface area contributed by atoms with Crippen LogP contribution in [0.25, 0.3) is 11.2 Å². The predicted octanol–water partition coefficient (Wildman–Crippen LogP) is 1.59. The van der Waals surface area contributed by atoms with Crippen molar-refractivity contribution in [3.8, 4) is 0 Å². The van der Waals surface area contributed by atoms with Crippen LogP contribution in [0.4, 0.5) is 5.95 Å². The largest absolute Gasteiger partial charge is 0.340 e. The SMILES string of the molecule is CCCn1c(N2CCN(CCCc3ccccc3)CC2)nc2c1c(=O)[nH]c(=O)n2C. The predicted molar refractivity (Wildman–Crippen MR) is 119 cm³/mol. The van der Waals surface area contributed by atoms with Crippen LogP contribution in [0.5, 0.6) is 0 Å². The van der Waals surface area contributed by atoms with Crippen LogP contribution < -0.4 is 16.1 Å². The molecule has 2 aromatic heterocycles. The van der Waals surface area contributed by atoms with Crippen LogP contribution in [0.2, 0.25) is 0 Å². The molecule has 0 amide bonds. The number of H-pyrrole nitrogens is 1. The second-order valence-electron chi connectivity index (χ2n) is 7.97. The number of nitrogens with zero attached hydrogens (tertiary/aromatic N) is 5. The van der Waals surface area contributed by atoms with Crippen molar-refractivity contribution in [3.63, 3.8) is 0 Å². The van der Waals surface area contributed by atoms with E-state index < -0.39 is 5.69 Å². The third-order valence-corrected chi connectivity index (χ3v) is 5.87. The summed E-state index contributed by atoms with van der Waals surface area (Å²) >= 11 is 0. The minimum atomic E-state index is -0.427. The van der Waals surface area contributed by atoms with Crippen LogP contribution in [0.1, 0.15) is 25.3 Å². The van der Waals surface area contributed by atoms with E-state index in [1.54, 1.807) is 7.05 Å². The number of hydrogen-bond donors (Lipinski definition) is 1. The number of benzene rings is 1. The van der Waals surface area contributed by atoms with Gasteiger partial charge in [0.1, 0.15) is 0 Å². The molecule has 0 radical (unpaired) electrons. The summed E-state index contributed by atoms with van der Waals surface area (Å²) in [6.45, 7) is 7.54. The number of fused-ring (bicyclic) bond motifs is 1. The lowest BCUT2D eigenvalue weighted by Crippen LogP contribution is -2.47. The number of aromatic amines is 1. The summed E-state index contributed by atoms with van der Waals surface area (Å²) in [5.41, 5.74) is 1.54. The van der Waals surface area contributed by atoms with Crippen molar-refractivity contribution in [1.29, 1.82) is 0 Å². The minimum absolute atomic E-state index is 0.361. The van der Waals surface area contributed by atoms with Crippen molar-refractivity contribution < 1.29 is 0 Å². The highest BCUT2D eigenvalue weighted by atomic mass is 16.2. The fourth-order valence-corrected chi connectivity index (χ4v) is 4.22. The van der Waals surface area contributed by atoms with E-state index in [4.69, 9.17) is 4.98 Å². The van der Waals surface area contributed by atoms with E-state index in [0.29, 0.717) is 17.7 Å². The normalized spacial score (nSPS) is 15.2. The highest BCUT2D eigenvalue weighted by molar-refractivity contribution is 5.74. The van der Waals surface area contributed by atoms with Crippen LogP contribution in [-0.2, 0) is 20.0 Å². The molecule has 1 aromatic carbocycles. The van der Waals surface area contributed by atoms with Crippen LogP contribution in [0.15, 0.2) is 39.9 Å². The Balaban J connectivity index is 1.46. The number of piperazine rings is 1. The average Bonchev–Trinajstić information content (AvgIpc) is 3.14. The molecule has 8 nitrogen and oxygen atoms in total. The summed E-state index contributed by atoms with van der Waals surface area (Å²) in [5, 5.41) is 0. The van der Waals surface area contributed by atoms with Crippen LogP contribution in [0, 0.1) is 0 Å². The molecule has 4 rings (SSSR count). The van der Waals surface area contributed by atoms with Gasteiger partial charge in [0.25, 0.3) is 5.56 Å². The maximum absolute atomic E-state index is 12.5. The van der Waals surface area contributed by atoms with Gasteiger partial charge in [0, 0.05) is 39.8 Å². The van der Waals surface area contributed by atoms with Gasteiger partial charge < -0.3 is 9.47 Å². The fourth-order valence-electron chi connectivity index (χ4n) is 4.22. The van der Waals surface area contributed by atoms with E-state index >= 15 is 0 Å². The van der Waals surface area contributed by atoms with Crippen molar-refractivity contribution in [1.82, 2.24) is 24.0 Å². The number of anilines is 1. The molecular formula is C22H30N6O2. The summed E-state index contributed by atoms with van der Waals surface area (Å²) in [6, 6.07) is 10.6. The molecule has 3 heterocycles. The number of hydrogen-bond acceptors (Lipinski definition) is 5. The Labute approximate surface area is 175 Å². The number of imidazole rings is 1. The first kappa shape index (κ1) is 20.4. The molecule has 1 N–H and O–H groups in total. The lowest BCUT2D eigenvalue weighted by molar-refractivity contribution is 0.253. The van der Waals surface area contributed by atoms with Gasteiger partial charge in [0.05, 0.1) is 0 Å². The van der Waals surface area contributed by atoms with E-state index in [-0.39, 0.29) is 5.56 Å². The van der Waals surface area contributed by atoms with Gasteiger partial charge in [-0.3, -0.25) is 19.2 Å². The van der Waals surface area contributed by atoms with Gasteiger partial charge in [-0.15, -0.1) is 0 Å². The Hall–Kier alpha value is -2.87. The quantitative estimate of drug-likeness (QED) is 0.640. The monoisotopic (exact) mass is 410 g/mol. The first-order valence-electron chi connectivity index (χ1n) is 10.8. The van der Waals surface area contributed by atoms with Gasteiger partial charge in [-0.25, -0.2) is 4.79 Å². The molecule has 30 heavy (non-hydrogen) atoms. The van der Waals surface area contributed by atoms with Crippen molar-refractivity contribution in [3.05, 3.63) is 56.7 Å². The third kappa shape index (κ3) is 4.05. The van der Waals surface area contributed by atoms with Gasteiger partial charge in [-0.05, 0) is 31.4 Å². The zero-order valence-electron chi connectivity index (χ0n) is 17.8. The number of rotatable bonds is 7. The first-order chi connectivity index (χ1) is 14.6. The Morgan fingerprint density at radius 2 is 1.77 bits per heavy atom. The second kappa shape index (κ2) is 8.87. The molecule has 1 aliphatic rings. The summed E-state index contributed by atoms with van der Waals surface area (Å²) in [6.07, 6.45) is 3.14. The topological polar surface area (TPSA) is 79.2 Å². The van der Waals surface area contributed by atoms with Crippen molar-refractivity contribution in [2.75, 3.05) is 37.6 Å². The van der Waals surface area contributed by atoms with Gasteiger partial charge >= 0.3 is 5.69 Å². The first-order valence-corrected chi connectivity index (χ1v) is 10.8. The van der Waals surface area contributed by atoms with E-state index in [2.05, 4.69) is 52.0 Å². The molecule has 0 bridgehead atoms. The number of aromatic nitrogens is 4. The summed E-state index contributed by atoms with van der Waals surface area (Å²) < 4.78 is 3.39. The minimum Gasteiger partial charge on any atom is -0.340 e. The zero-order valence-corrected chi connectivity index (χ0v) is 17.8. The molecular weight excluding hydrogens is 380 g/mol. The Bertz CT molecular complexity index is 1110.